The number of anilines is 1. The van der Waals surface area contributed by atoms with Crippen LogP contribution in [0.1, 0.15) is 12.5 Å². The Hall–Kier alpha value is -2.41. The number of carboxylic acids is 1. The third-order valence-electron chi connectivity index (χ3n) is 2.92. The molecule has 0 atom stereocenters. The van der Waals surface area contributed by atoms with E-state index in [0.29, 0.717) is 25.3 Å². The van der Waals surface area contributed by atoms with Crippen LogP contribution >= 0.6 is 0 Å². The molecule has 0 aliphatic carbocycles. The lowest BCUT2D eigenvalue weighted by Crippen LogP contribution is -2.27. The van der Waals surface area contributed by atoms with E-state index in [1.807, 2.05) is 11.8 Å². The van der Waals surface area contributed by atoms with Gasteiger partial charge in [0.25, 0.3) is 5.69 Å². The maximum atomic E-state index is 10.8. The van der Waals surface area contributed by atoms with Gasteiger partial charge < -0.3 is 14.7 Å². The lowest BCUT2D eigenvalue weighted by Gasteiger charge is -2.24. The van der Waals surface area contributed by atoms with Crippen molar-refractivity contribution in [3.05, 3.63) is 40.0 Å². The number of non-ortho nitro benzene ring substituents is 1. The fraction of sp³-hybridized carbons (Fsp3) is 0.357. The first-order valence-corrected chi connectivity index (χ1v) is 6.43. The Morgan fingerprint density at radius 2 is 2.24 bits per heavy atom. The van der Waals surface area contributed by atoms with Crippen LogP contribution in [-0.2, 0) is 9.53 Å². The van der Waals surface area contributed by atoms with Gasteiger partial charge in [0.05, 0.1) is 11.5 Å². The van der Waals surface area contributed by atoms with Crippen molar-refractivity contribution < 1.29 is 19.6 Å². The molecule has 1 N–H and O–H groups in total. The van der Waals surface area contributed by atoms with Gasteiger partial charge in [-0.1, -0.05) is 0 Å². The Kier molecular flexibility index (Phi) is 6.35. The Labute approximate surface area is 122 Å². The lowest BCUT2D eigenvalue weighted by molar-refractivity contribution is -0.384. The fourth-order valence-corrected chi connectivity index (χ4v) is 1.89. The summed E-state index contributed by atoms with van der Waals surface area (Å²) < 4.78 is 5.03. The molecule has 7 nitrogen and oxygen atoms in total. The van der Waals surface area contributed by atoms with Crippen LogP contribution in [0.3, 0.4) is 0 Å². The number of nitro benzene ring substituents is 1. The molecule has 0 fully saturated rings. The zero-order valence-corrected chi connectivity index (χ0v) is 12.0. The summed E-state index contributed by atoms with van der Waals surface area (Å²) in [6.45, 7) is 3.74. The zero-order valence-electron chi connectivity index (χ0n) is 12.0. The van der Waals surface area contributed by atoms with Gasteiger partial charge in [0, 0.05) is 49.7 Å². The molecule has 0 unspecified atom stereocenters. The highest BCUT2D eigenvalue weighted by Crippen LogP contribution is 2.26. The molecule has 7 heteroatoms. The minimum atomic E-state index is -1.10. The Bertz CT molecular complexity index is 542. The number of rotatable bonds is 8. The third-order valence-corrected chi connectivity index (χ3v) is 2.92. The number of hydrogen-bond donors (Lipinski definition) is 1. The van der Waals surface area contributed by atoms with Crippen molar-refractivity contribution in [3.63, 3.8) is 0 Å². The molecular formula is C14H18N2O5. The molecule has 0 amide bonds. The van der Waals surface area contributed by atoms with Crippen molar-refractivity contribution in [2.75, 3.05) is 31.7 Å². The second-order valence-corrected chi connectivity index (χ2v) is 4.24. The first kappa shape index (κ1) is 16.6. The minimum Gasteiger partial charge on any atom is -0.478 e. The van der Waals surface area contributed by atoms with Crippen LogP contribution in [0, 0.1) is 10.1 Å². The van der Waals surface area contributed by atoms with E-state index in [0.717, 1.165) is 11.8 Å². The summed E-state index contributed by atoms with van der Waals surface area (Å²) in [5.74, 6) is -1.10. The van der Waals surface area contributed by atoms with Gasteiger partial charge in [0.1, 0.15) is 0 Å². The molecule has 0 heterocycles. The number of likely N-dealkylation sites (N-methyl/N-ethyl adjacent to an activating group) is 1. The summed E-state index contributed by atoms with van der Waals surface area (Å²) in [5.41, 5.74) is 1.15. The average molecular weight is 294 g/mol. The van der Waals surface area contributed by atoms with E-state index in [9.17, 15) is 14.9 Å². The second-order valence-electron chi connectivity index (χ2n) is 4.24. The summed E-state index contributed by atoms with van der Waals surface area (Å²) >= 11 is 0. The number of carboxylic acid groups (broad SMARTS) is 1. The van der Waals surface area contributed by atoms with Gasteiger partial charge in [-0.2, -0.15) is 0 Å². The van der Waals surface area contributed by atoms with E-state index in [2.05, 4.69) is 0 Å². The molecule has 1 aromatic carbocycles. The van der Waals surface area contributed by atoms with Crippen molar-refractivity contribution in [3.8, 4) is 0 Å². The number of aliphatic carboxylic acids is 1. The van der Waals surface area contributed by atoms with Gasteiger partial charge in [-0.3, -0.25) is 10.1 Å². The number of nitro groups is 1. The molecule has 0 spiro atoms. The first-order valence-electron chi connectivity index (χ1n) is 6.43. The van der Waals surface area contributed by atoms with Gasteiger partial charge in [-0.15, -0.1) is 0 Å². The number of benzene rings is 1. The summed E-state index contributed by atoms with van der Waals surface area (Å²) in [6.07, 6.45) is 2.33. The Morgan fingerprint density at radius 1 is 1.52 bits per heavy atom. The van der Waals surface area contributed by atoms with E-state index in [4.69, 9.17) is 9.84 Å². The largest absolute Gasteiger partial charge is 0.478 e. The van der Waals surface area contributed by atoms with E-state index in [1.165, 1.54) is 18.2 Å². The van der Waals surface area contributed by atoms with E-state index in [1.54, 1.807) is 13.2 Å². The van der Waals surface area contributed by atoms with Gasteiger partial charge in [0.15, 0.2) is 0 Å². The maximum absolute atomic E-state index is 10.8. The van der Waals surface area contributed by atoms with Crippen LogP contribution in [0.4, 0.5) is 11.4 Å². The molecule has 0 aromatic heterocycles. The number of hydrogen-bond acceptors (Lipinski definition) is 5. The first-order chi connectivity index (χ1) is 9.99. The fourth-order valence-electron chi connectivity index (χ4n) is 1.89. The molecule has 0 saturated heterocycles. The minimum absolute atomic E-state index is 0.0772. The summed E-state index contributed by atoms with van der Waals surface area (Å²) in [6, 6.07) is 4.39. The summed E-state index contributed by atoms with van der Waals surface area (Å²) in [4.78, 5) is 23.0. The summed E-state index contributed by atoms with van der Waals surface area (Å²) in [7, 11) is 1.59. The van der Waals surface area contributed by atoms with Crippen molar-refractivity contribution in [2.24, 2.45) is 0 Å². The van der Waals surface area contributed by atoms with E-state index < -0.39 is 10.9 Å². The topological polar surface area (TPSA) is 92.9 Å². The standard InChI is InChI=1S/C14H18N2O5/c1-3-15(8-9-21-2)13-6-5-12(16(19)20)10-11(13)4-7-14(17)18/h4-7,10H,3,8-9H2,1-2H3,(H,17,18). The van der Waals surface area contributed by atoms with Gasteiger partial charge in [0.2, 0.25) is 0 Å². The zero-order chi connectivity index (χ0) is 15.8. The number of carbonyl (C=O) groups is 1. The molecule has 0 bridgehead atoms. The molecule has 0 radical (unpaired) electrons. The van der Waals surface area contributed by atoms with Crippen molar-refractivity contribution >= 4 is 23.4 Å². The smallest absolute Gasteiger partial charge is 0.328 e. The van der Waals surface area contributed by atoms with Crippen LogP contribution in [0.2, 0.25) is 0 Å². The predicted octanol–water partition coefficient (Wildman–Crippen LogP) is 2.17. The third kappa shape index (κ3) is 4.88. The number of ether oxygens (including phenoxy) is 1. The molecule has 1 rings (SSSR count). The van der Waals surface area contributed by atoms with Crippen molar-refractivity contribution in [1.82, 2.24) is 0 Å². The van der Waals surface area contributed by atoms with Crippen LogP contribution < -0.4 is 4.90 Å². The highest BCUT2D eigenvalue weighted by Gasteiger charge is 2.13. The van der Waals surface area contributed by atoms with Gasteiger partial charge in [-0.05, 0) is 19.1 Å². The van der Waals surface area contributed by atoms with Gasteiger partial charge >= 0.3 is 5.97 Å². The van der Waals surface area contributed by atoms with Crippen LogP contribution in [0.5, 0.6) is 0 Å². The number of nitrogens with zero attached hydrogens (tertiary/aromatic N) is 2. The van der Waals surface area contributed by atoms with Crippen LogP contribution in [0.15, 0.2) is 24.3 Å². The van der Waals surface area contributed by atoms with Crippen LogP contribution in [0.25, 0.3) is 6.08 Å². The second kappa shape index (κ2) is 8.01. The molecule has 0 saturated carbocycles. The Morgan fingerprint density at radius 3 is 2.76 bits per heavy atom. The maximum Gasteiger partial charge on any atom is 0.328 e. The molecule has 0 aliphatic heterocycles. The molecule has 0 aliphatic rings. The number of methoxy groups -OCH3 is 1. The SMILES string of the molecule is CCN(CCOC)c1ccc([N+](=O)[O-])cc1C=CC(=O)O. The van der Waals surface area contributed by atoms with Crippen molar-refractivity contribution in [2.45, 2.75) is 6.92 Å². The highest BCUT2D eigenvalue weighted by atomic mass is 16.6. The summed E-state index contributed by atoms with van der Waals surface area (Å²) in [5, 5.41) is 19.6. The monoisotopic (exact) mass is 294 g/mol. The van der Waals surface area contributed by atoms with Gasteiger partial charge in [-0.25, -0.2) is 4.79 Å². The van der Waals surface area contributed by atoms with E-state index in [-0.39, 0.29) is 5.69 Å². The Balaban J connectivity index is 3.21. The average Bonchev–Trinajstić information content (AvgIpc) is 2.46. The van der Waals surface area contributed by atoms with Crippen molar-refractivity contribution in [1.29, 1.82) is 0 Å². The lowest BCUT2D eigenvalue weighted by atomic mass is 10.1. The highest BCUT2D eigenvalue weighted by molar-refractivity contribution is 5.87. The van der Waals surface area contributed by atoms with Crippen LogP contribution in [-0.4, -0.2) is 42.8 Å². The van der Waals surface area contributed by atoms with E-state index >= 15 is 0 Å². The molecular weight excluding hydrogens is 276 g/mol. The molecule has 114 valence electrons. The molecule has 1 aromatic rings. The quantitative estimate of drug-likeness (QED) is 0.448. The predicted molar refractivity (Wildman–Crippen MR) is 79.5 cm³/mol. The normalized spacial score (nSPS) is 10.8. The molecule has 21 heavy (non-hydrogen) atoms.